The van der Waals surface area contributed by atoms with Crippen molar-refractivity contribution in [2.24, 2.45) is 0 Å². The fourth-order valence-corrected chi connectivity index (χ4v) is 2.92. The van der Waals surface area contributed by atoms with Gasteiger partial charge in [0.25, 0.3) is 0 Å². The van der Waals surface area contributed by atoms with E-state index in [9.17, 15) is 4.79 Å². The average Bonchev–Trinajstić information content (AvgIpc) is 2.84. The van der Waals surface area contributed by atoms with Gasteiger partial charge in [0.15, 0.2) is 5.82 Å². The Labute approximate surface area is 148 Å². The van der Waals surface area contributed by atoms with Gasteiger partial charge in [0.2, 0.25) is 11.1 Å². The number of nitrogen functional groups attached to an aromatic ring is 1. The molecule has 1 amide bonds. The third-order valence-corrected chi connectivity index (χ3v) is 4.67. The molecule has 2 aromatic rings. The van der Waals surface area contributed by atoms with Gasteiger partial charge in [-0.1, -0.05) is 48.8 Å². The zero-order valence-electron chi connectivity index (χ0n) is 12.9. The van der Waals surface area contributed by atoms with Crippen molar-refractivity contribution in [3.05, 3.63) is 34.1 Å². The molecule has 1 heterocycles. The first-order valence-corrected chi connectivity index (χ1v) is 8.56. The van der Waals surface area contributed by atoms with Crippen LogP contribution in [0.5, 0.6) is 0 Å². The Hall–Kier alpha value is -1.44. The van der Waals surface area contributed by atoms with E-state index in [1.165, 1.54) is 16.4 Å². The highest BCUT2D eigenvalue weighted by Gasteiger charge is 2.21. The number of rotatable bonds is 5. The molecule has 2 rings (SSSR count). The Bertz CT molecular complexity index is 719. The number of nitrogens with two attached hydrogens (primary N) is 1. The quantitative estimate of drug-likeness (QED) is 0.618. The molecule has 0 aliphatic carbocycles. The van der Waals surface area contributed by atoms with E-state index in [2.05, 4.69) is 15.5 Å². The molecule has 0 aliphatic rings. The second-order valence-corrected chi connectivity index (χ2v) is 7.39. The highest BCUT2D eigenvalue weighted by molar-refractivity contribution is 8.00. The predicted molar refractivity (Wildman–Crippen MR) is 94.7 cm³/mol. The number of hydrogen-bond donors (Lipinski definition) is 2. The number of carbonyl (C=O) groups excluding carboxylic acids is 1. The van der Waals surface area contributed by atoms with Gasteiger partial charge < -0.3 is 11.2 Å². The molecule has 6 nitrogen and oxygen atoms in total. The fraction of sp³-hybridized carbons (Fsp3) is 0.357. The maximum atomic E-state index is 12.3. The summed E-state index contributed by atoms with van der Waals surface area (Å²) in [6.07, 6.45) is 0. The van der Waals surface area contributed by atoms with Crippen LogP contribution in [0.25, 0.3) is 0 Å². The lowest BCUT2D eigenvalue weighted by atomic mass is 10.2. The van der Waals surface area contributed by atoms with Gasteiger partial charge in [-0.3, -0.25) is 4.79 Å². The summed E-state index contributed by atoms with van der Waals surface area (Å²) < 4.78 is 1.41. The van der Waals surface area contributed by atoms with Crippen LogP contribution in [0.3, 0.4) is 0 Å². The van der Waals surface area contributed by atoms with Gasteiger partial charge in [0.05, 0.1) is 16.0 Å². The summed E-state index contributed by atoms with van der Waals surface area (Å²) in [6, 6.07) is 4.88. The van der Waals surface area contributed by atoms with Crippen molar-refractivity contribution < 1.29 is 4.79 Å². The van der Waals surface area contributed by atoms with E-state index in [-0.39, 0.29) is 11.8 Å². The van der Waals surface area contributed by atoms with Crippen LogP contribution in [0.15, 0.2) is 23.4 Å². The average molecular weight is 374 g/mol. The van der Waals surface area contributed by atoms with E-state index in [0.29, 0.717) is 26.7 Å². The van der Waals surface area contributed by atoms with Crippen molar-refractivity contribution in [3.8, 4) is 0 Å². The van der Waals surface area contributed by atoms with Crippen molar-refractivity contribution in [1.29, 1.82) is 0 Å². The van der Waals surface area contributed by atoms with Crippen molar-refractivity contribution in [2.45, 2.75) is 37.1 Å². The Morgan fingerprint density at radius 3 is 2.61 bits per heavy atom. The maximum Gasteiger partial charge on any atom is 0.237 e. The van der Waals surface area contributed by atoms with Gasteiger partial charge >= 0.3 is 0 Å². The second-order valence-electron chi connectivity index (χ2n) is 5.24. The van der Waals surface area contributed by atoms with Crippen LogP contribution in [0.2, 0.25) is 10.0 Å². The lowest BCUT2D eigenvalue weighted by molar-refractivity contribution is -0.115. The van der Waals surface area contributed by atoms with Crippen LogP contribution in [0, 0.1) is 0 Å². The summed E-state index contributed by atoms with van der Waals surface area (Å²) in [7, 11) is 0. The Balaban J connectivity index is 2.07. The lowest BCUT2D eigenvalue weighted by Gasteiger charge is -2.13. The molecule has 0 radical (unpaired) electrons. The molecule has 0 aliphatic heterocycles. The van der Waals surface area contributed by atoms with Crippen molar-refractivity contribution >= 4 is 46.6 Å². The summed E-state index contributed by atoms with van der Waals surface area (Å²) in [5.41, 5.74) is 0.466. The second kappa shape index (κ2) is 7.42. The maximum absolute atomic E-state index is 12.3. The number of nitrogens with one attached hydrogen (secondary N) is 1. The summed E-state index contributed by atoms with van der Waals surface area (Å²) in [4.78, 5) is 12.3. The zero-order chi connectivity index (χ0) is 17.1. The Morgan fingerprint density at radius 1 is 1.30 bits per heavy atom. The first kappa shape index (κ1) is 17.9. The minimum Gasteiger partial charge on any atom is -0.336 e. The van der Waals surface area contributed by atoms with Crippen LogP contribution in [-0.2, 0) is 4.79 Å². The molecule has 1 aromatic carbocycles. The number of halogens is 2. The van der Waals surface area contributed by atoms with Crippen molar-refractivity contribution in [3.63, 3.8) is 0 Å². The SMILES string of the molecule is CC(Sc1nnc(C(C)C)n1N)C(=O)Nc1cc(Cl)ccc1Cl. The molecule has 0 saturated carbocycles. The van der Waals surface area contributed by atoms with Crippen LogP contribution in [0.4, 0.5) is 5.69 Å². The van der Waals surface area contributed by atoms with E-state index in [4.69, 9.17) is 29.0 Å². The van der Waals surface area contributed by atoms with Crippen LogP contribution >= 0.6 is 35.0 Å². The van der Waals surface area contributed by atoms with E-state index >= 15 is 0 Å². The summed E-state index contributed by atoms with van der Waals surface area (Å²) in [5.74, 6) is 6.54. The molecule has 23 heavy (non-hydrogen) atoms. The lowest BCUT2D eigenvalue weighted by Crippen LogP contribution is -2.24. The molecule has 124 valence electrons. The summed E-state index contributed by atoms with van der Waals surface area (Å²) >= 11 is 13.2. The van der Waals surface area contributed by atoms with Crippen LogP contribution in [-0.4, -0.2) is 26.0 Å². The monoisotopic (exact) mass is 373 g/mol. The first-order valence-electron chi connectivity index (χ1n) is 6.92. The molecule has 1 aromatic heterocycles. The van der Waals surface area contributed by atoms with Gasteiger partial charge in [-0.2, -0.15) is 0 Å². The molecular formula is C14H17Cl2N5OS. The number of aromatic nitrogens is 3. The van der Waals surface area contributed by atoms with Gasteiger partial charge in [0.1, 0.15) is 0 Å². The number of carbonyl (C=O) groups is 1. The molecule has 0 bridgehead atoms. The van der Waals surface area contributed by atoms with Crippen LogP contribution in [0.1, 0.15) is 32.5 Å². The molecule has 1 atom stereocenters. The van der Waals surface area contributed by atoms with Gasteiger partial charge in [-0.05, 0) is 25.1 Å². The number of thioether (sulfide) groups is 1. The molecule has 9 heteroatoms. The summed E-state index contributed by atoms with van der Waals surface area (Å²) in [5, 5.41) is 11.8. The smallest absolute Gasteiger partial charge is 0.237 e. The van der Waals surface area contributed by atoms with E-state index in [1.807, 2.05) is 13.8 Å². The van der Waals surface area contributed by atoms with Gasteiger partial charge in [0, 0.05) is 10.9 Å². The molecule has 1 unspecified atom stereocenters. The number of nitrogens with zero attached hydrogens (tertiary/aromatic N) is 3. The van der Waals surface area contributed by atoms with Gasteiger partial charge in [-0.25, -0.2) is 4.68 Å². The number of anilines is 1. The summed E-state index contributed by atoms with van der Waals surface area (Å²) in [6.45, 7) is 5.69. The minimum atomic E-state index is -0.434. The van der Waals surface area contributed by atoms with Crippen LogP contribution < -0.4 is 11.2 Å². The van der Waals surface area contributed by atoms with E-state index in [0.717, 1.165) is 0 Å². The normalized spacial score (nSPS) is 12.4. The van der Waals surface area contributed by atoms with Gasteiger partial charge in [-0.15, -0.1) is 10.2 Å². The number of amides is 1. The third-order valence-electron chi connectivity index (χ3n) is 3.04. The molecule has 0 spiro atoms. The number of benzene rings is 1. The highest BCUT2D eigenvalue weighted by Crippen LogP contribution is 2.28. The van der Waals surface area contributed by atoms with Crippen molar-refractivity contribution in [2.75, 3.05) is 11.2 Å². The molecule has 0 fully saturated rings. The molecule has 0 saturated heterocycles. The minimum absolute atomic E-state index is 0.149. The third kappa shape index (κ3) is 4.31. The molecule has 3 N–H and O–H groups in total. The largest absolute Gasteiger partial charge is 0.336 e. The predicted octanol–water partition coefficient (Wildman–Crippen LogP) is 3.54. The Kier molecular flexibility index (Phi) is 5.78. The van der Waals surface area contributed by atoms with E-state index < -0.39 is 5.25 Å². The highest BCUT2D eigenvalue weighted by atomic mass is 35.5. The van der Waals surface area contributed by atoms with E-state index in [1.54, 1.807) is 25.1 Å². The number of hydrogen-bond acceptors (Lipinski definition) is 5. The Morgan fingerprint density at radius 2 is 2.00 bits per heavy atom. The molecular weight excluding hydrogens is 357 g/mol. The standard InChI is InChI=1S/C14H17Cl2N5OS/c1-7(2)12-19-20-14(21(12)17)23-8(3)13(22)18-11-6-9(15)4-5-10(11)16/h4-8H,17H2,1-3H3,(H,18,22). The fourth-order valence-electron chi connectivity index (χ4n) is 1.80. The zero-order valence-corrected chi connectivity index (χ0v) is 15.2. The van der Waals surface area contributed by atoms with Crippen molar-refractivity contribution in [1.82, 2.24) is 14.9 Å². The topological polar surface area (TPSA) is 85.8 Å². The first-order chi connectivity index (χ1) is 10.8.